The van der Waals surface area contributed by atoms with E-state index in [0.29, 0.717) is 10.6 Å². The van der Waals surface area contributed by atoms with Crippen LogP contribution in [0.1, 0.15) is 16.8 Å². The van der Waals surface area contributed by atoms with Gasteiger partial charge < -0.3 is 14.8 Å². The number of rotatable bonds is 5. The van der Waals surface area contributed by atoms with E-state index < -0.39 is 18.1 Å². The summed E-state index contributed by atoms with van der Waals surface area (Å²) in [5, 5.41) is 2.75. The summed E-state index contributed by atoms with van der Waals surface area (Å²) in [4.78, 5) is 34.7. The van der Waals surface area contributed by atoms with Crippen LogP contribution in [-0.4, -0.2) is 38.1 Å². The zero-order valence-corrected chi connectivity index (χ0v) is 11.8. The lowest BCUT2D eigenvalue weighted by molar-refractivity contribution is -0.142. The maximum atomic E-state index is 12.0. The Hall–Kier alpha value is -2.08. The number of benzene rings is 1. The molecule has 1 amide bonds. The Kier molecular flexibility index (Phi) is 5.99. The molecule has 0 saturated carbocycles. The molecule has 1 aromatic carbocycles. The van der Waals surface area contributed by atoms with Crippen molar-refractivity contribution in [2.24, 2.45) is 0 Å². The molecular formula is C13H14ClNO5. The first kappa shape index (κ1) is 16.0. The van der Waals surface area contributed by atoms with E-state index in [4.69, 9.17) is 11.6 Å². The summed E-state index contributed by atoms with van der Waals surface area (Å²) in [5.41, 5.74) is 0.384. The summed E-state index contributed by atoms with van der Waals surface area (Å²) in [5.74, 6) is -1.05. The highest BCUT2D eigenvalue weighted by Gasteiger charge is 2.25. The lowest BCUT2D eigenvalue weighted by Crippen LogP contribution is -2.42. The van der Waals surface area contributed by atoms with E-state index in [-0.39, 0.29) is 12.2 Å². The number of esters is 1. The number of amides is 1. The third-order valence-corrected chi connectivity index (χ3v) is 2.77. The Balaban J connectivity index is 2.78. The van der Waals surface area contributed by atoms with E-state index in [1.807, 2.05) is 0 Å². The van der Waals surface area contributed by atoms with Crippen molar-refractivity contribution < 1.29 is 23.9 Å². The van der Waals surface area contributed by atoms with E-state index in [0.717, 1.165) is 7.11 Å². The van der Waals surface area contributed by atoms with Gasteiger partial charge in [-0.3, -0.25) is 4.79 Å². The molecule has 0 fully saturated rings. The minimum Gasteiger partial charge on any atom is -0.467 e. The first-order valence-electron chi connectivity index (χ1n) is 5.69. The first-order valence-corrected chi connectivity index (χ1v) is 6.06. The highest BCUT2D eigenvalue weighted by atomic mass is 35.5. The van der Waals surface area contributed by atoms with Gasteiger partial charge >= 0.3 is 12.1 Å². The molecule has 0 radical (unpaired) electrons. The van der Waals surface area contributed by atoms with Crippen LogP contribution in [0.5, 0.6) is 0 Å². The van der Waals surface area contributed by atoms with Gasteiger partial charge in [0.2, 0.25) is 0 Å². The number of carbonyl (C=O) groups is 3. The molecule has 1 atom stereocenters. The molecule has 1 aromatic rings. The number of halogens is 1. The van der Waals surface area contributed by atoms with Gasteiger partial charge in [-0.2, -0.15) is 0 Å². The number of ether oxygens (including phenoxy) is 2. The van der Waals surface area contributed by atoms with Crippen LogP contribution in [-0.2, 0) is 14.3 Å². The molecule has 0 aromatic heterocycles. The van der Waals surface area contributed by atoms with Crippen molar-refractivity contribution in [3.8, 4) is 0 Å². The molecule has 7 heteroatoms. The van der Waals surface area contributed by atoms with Gasteiger partial charge in [0, 0.05) is 17.0 Å². The number of alkyl carbamates (subject to hydrolysis) is 1. The van der Waals surface area contributed by atoms with Gasteiger partial charge in [-0.15, -0.1) is 0 Å². The van der Waals surface area contributed by atoms with Crippen LogP contribution >= 0.6 is 11.6 Å². The number of ketones is 1. The minimum absolute atomic E-state index is 0.233. The maximum absolute atomic E-state index is 12.0. The highest BCUT2D eigenvalue weighted by Crippen LogP contribution is 2.12. The predicted octanol–water partition coefficient (Wildman–Crippen LogP) is 1.81. The van der Waals surface area contributed by atoms with Crippen molar-refractivity contribution in [1.82, 2.24) is 5.32 Å². The third kappa shape index (κ3) is 4.55. The van der Waals surface area contributed by atoms with Crippen LogP contribution in [0.4, 0.5) is 4.79 Å². The fourth-order valence-corrected chi connectivity index (χ4v) is 1.60. The van der Waals surface area contributed by atoms with Gasteiger partial charge in [0.25, 0.3) is 0 Å². The number of Topliss-reactive ketones (excluding diaryl/α,β-unsaturated/α-hetero) is 1. The van der Waals surface area contributed by atoms with Crippen molar-refractivity contribution in [2.75, 3.05) is 14.2 Å². The van der Waals surface area contributed by atoms with Gasteiger partial charge in [-0.05, 0) is 24.3 Å². The van der Waals surface area contributed by atoms with Gasteiger partial charge in [0.1, 0.15) is 6.04 Å². The molecule has 1 N–H and O–H groups in total. The Labute approximate surface area is 121 Å². The number of hydrogen-bond donors (Lipinski definition) is 1. The molecule has 0 bridgehead atoms. The van der Waals surface area contributed by atoms with Gasteiger partial charge in [-0.1, -0.05) is 11.6 Å². The molecule has 0 unspecified atom stereocenters. The van der Waals surface area contributed by atoms with Crippen molar-refractivity contribution in [2.45, 2.75) is 12.5 Å². The average Bonchev–Trinajstić information content (AvgIpc) is 2.46. The standard InChI is InChI=1S/C13H14ClNO5/c1-19-12(17)10(15-13(18)20-2)7-11(16)8-3-5-9(14)6-4-8/h3-6,10H,7H2,1-2H3,(H,15,18)/t10-/m1/s1. The van der Waals surface area contributed by atoms with E-state index in [1.165, 1.54) is 19.2 Å². The Bertz CT molecular complexity index is 500. The van der Waals surface area contributed by atoms with Crippen LogP contribution in [0.3, 0.4) is 0 Å². The molecule has 1 rings (SSSR count). The zero-order chi connectivity index (χ0) is 15.1. The number of hydrogen-bond acceptors (Lipinski definition) is 5. The minimum atomic E-state index is -1.10. The number of methoxy groups -OCH3 is 2. The largest absolute Gasteiger partial charge is 0.467 e. The molecule has 20 heavy (non-hydrogen) atoms. The molecule has 0 aliphatic rings. The number of nitrogens with one attached hydrogen (secondary N) is 1. The van der Waals surface area contributed by atoms with Crippen LogP contribution in [0.2, 0.25) is 5.02 Å². The Morgan fingerprint density at radius 3 is 2.25 bits per heavy atom. The Morgan fingerprint density at radius 2 is 1.75 bits per heavy atom. The van der Waals surface area contributed by atoms with Gasteiger partial charge in [0.15, 0.2) is 5.78 Å². The van der Waals surface area contributed by atoms with Crippen molar-refractivity contribution in [3.05, 3.63) is 34.9 Å². The van der Waals surface area contributed by atoms with Crippen LogP contribution in [0, 0.1) is 0 Å². The summed E-state index contributed by atoms with van der Waals surface area (Å²) in [7, 11) is 2.33. The molecule has 0 spiro atoms. The monoisotopic (exact) mass is 299 g/mol. The summed E-state index contributed by atoms with van der Waals surface area (Å²) < 4.78 is 8.92. The zero-order valence-electron chi connectivity index (χ0n) is 11.0. The molecule has 0 saturated heterocycles. The molecule has 0 heterocycles. The summed E-state index contributed by atoms with van der Waals surface area (Å²) in [6, 6.07) is 5.11. The van der Waals surface area contributed by atoms with E-state index >= 15 is 0 Å². The van der Waals surface area contributed by atoms with Crippen LogP contribution < -0.4 is 5.32 Å². The normalized spacial score (nSPS) is 11.3. The second-order valence-corrected chi connectivity index (χ2v) is 4.28. The second-order valence-electron chi connectivity index (χ2n) is 3.85. The number of carbonyl (C=O) groups excluding carboxylic acids is 3. The lowest BCUT2D eigenvalue weighted by Gasteiger charge is -2.14. The summed E-state index contributed by atoms with van der Waals surface area (Å²) in [6.45, 7) is 0. The topological polar surface area (TPSA) is 81.7 Å². The fraction of sp³-hybridized carbons (Fsp3) is 0.308. The van der Waals surface area contributed by atoms with Crippen LogP contribution in [0.25, 0.3) is 0 Å². The van der Waals surface area contributed by atoms with E-state index in [1.54, 1.807) is 12.1 Å². The summed E-state index contributed by atoms with van der Waals surface area (Å²) in [6.07, 6.45) is -1.05. The van der Waals surface area contributed by atoms with Gasteiger partial charge in [-0.25, -0.2) is 9.59 Å². The third-order valence-electron chi connectivity index (χ3n) is 2.52. The quantitative estimate of drug-likeness (QED) is 0.662. The molecule has 0 aliphatic heterocycles. The van der Waals surface area contributed by atoms with Gasteiger partial charge in [0.05, 0.1) is 14.2 Å². The lowest BCUT2D eigenvalue weighted by atomic mass is 10.0. The summed E-state index contributed by atoms with van der Waals surface area (Å²) >= 11 is 5.72. The SMILES string of the molecule is COC(=O)N[C@H](CC(=O)c1ccc(Cl)cc1)C(=O)OC. The molecular weight excluding hydrogens is 286 g/mol. The second kappa shape index (κ2) is 7.49. The molecule has 0 aliphatic carbocycles. The fourth-order valence-electron chi connectivity index (χ4n) is 1.48. The van der Waals surface area contributed by atoms with E-state index in [2.05, 4.69) is 14.8 Å². The maximum Gasteiger partial charge on any atom is 0.407 e. The first-order chi connectivity index (χ1) is 9.47. The van der Waals surface area contributed by atoms with Crippen molar-refractivity contribution in [3.63, 3.8) is 0 Å². The van der Waals surface area contributed by atoms with Crippen molar-refractivity contribution >= 4 is 29.4 Å². The molecule has 6 nitrogen and oxygen atoms in total. The average molecular weight is 300 g/mol. The van der Waals surface area contributed by atoms with Crippen molar-refractivity contribution in [1.29, 1.82) is 0 Å². The smallest absolute Gasteiger partial charge is 0.407 e. The van der Waals surface area contributed by atoms with Crippen LogP contribution in [0.15, 0.2) is 24.3 Å². The highest BCUT2D eigenvalue weighted by molar-refractivity contribution is 6.30. The molecule has 108 valence electrons. The Morgan fingerprint density at radius 1 is 1.15 bits per heavy atom. The predicted molar refractivity (Wildman–Crippen MR) is 71.7 cm³/mol. The van der Waals surface area contributed by atoms with E-state index in [9.17, 15) is 14.4 Å².